The summed E-state index contributed by atoms with van der Waals surface area (Å²) in [6, 6.07) is 13.3. The van der Waals surface area contributed by atoms with Gasteiger partial charge in [-0.25, -0.2) is 9.97 Å². The fourth-order valence-corrected chi connectivity index (χ4v) is 3.06. The number of carbonyl (C=O) groups excluding carboxylic acids is 2. The van der Waals surface area contributed by atoms with Crippen molar-refractivity contribution in [3.8, 4) is 0 Å². The Morgan fingerprint density at radius 2 is 1.52 bits per heavy atom. The molecule has 31 heavy (non-hydrogen) atoms. The predicted octanol–water partition coefficient (Wildman–Crippen LogP) is 5.76. The summed E-state index contributed by atoms with van der Waals surface area (Å²) in [5, 5.41) is 9.11. The van der Waals surface area contributed by atoms with Gasteiger partial charge in [-0.3, -0.25) is 9.59 Å². The summed E-state index contributed by atoms with van der Waals surface area (Å²) in [5.41, 5.74) is 0.154. The number of amides is 2. The van der Waals surface area contributed by atoms with Crippen LogP contribution in [0.2, 0.25) is 10.0 Å². The molecule has 0 aliphatic carbocycles. The summed E-state index contributed by atoms with van der Waals surface area (Å²) < 4.78 is 0. The molecule has 0 bridgehead atoms. The molecule has 2 amide bonds. The van der Waals surface area contributed by atoms with Gasteiger partial charge in [-0.2, -0.15) is 0 Å². The van der Waals surface area contributed by atoms with Crippen LogP contribution in [0.4, 0.5) is 23.1 Å². The van der Waals surface area contributed by atoms with E-state index in [0.29, 0.717) is 23.1 Å². The van der Waals surface area contributed by atoms with Crippen LogP contribution in [-0.2, 0) is 4.79 Å². The first kappa shape index (κ1) is 22.5. The van der Waals surface area contributed by atoms with Crippen LogP contribution in [0.3, 0.4) is 0 Å². The van der Waals surface area contributed by atoms with E-state index in [1.165, 1.54) is 6.20 Å². The molecule has 0 unspecified atom stereocenters. The number of benzene rings is 1. The topological polar surface area (TPSA) is 96.0 Å². The molecule has 0 fully saturated rings. The Bertz CT molecular complexity index is 1110. The van der Waals surface area contributed by atoms with Crippen LogP contribution >= 0.6 is 23.2 Å². The number of rotatable bonds is 5. The molecule has 9 heteroatoms. The third-order valence-electron chi connectivity index (χ3n) is 4.14. The van der Waals surface area contributed by atoms with Crippen LogP contribution in [0.25, 0.3) is 0 Å². The van der Waals surface area contributed by atoms with Crippen LogP contribution in [0, 0.1) is 5.41 Å². The molecule has 0 spiro atoms. The third-order valence-corrected chi connectivity index (χ3v) is 4.77. The molecule has 0 atom stereocenters. The standard InChI is InChI=1S/C22H21Cl2N5O2/c1-22(2,3)21(31)29-17-9-5-8-16(27-17)28-18-12-13(10-11-25-18)26-20(30)19-14(23)6-4-7-15(19)24/h4-12H,1-3H3,(H3,25,26,27,28,29,30,31). The van der Waals surface area contributed by atoms with E-state index in [9.17, 15) is 9.59 Å². The van der Waals surface area contributed by atoms with Gasteiger partial charge >= 0.3 is 0 Å². The number of halogens is 2. The third kappa shape index (κ3) is 5.93. The minimum absolute atomic E-state index is 0.141. The van der Waals surface area contributed by atoms with Gasteiger partial charge in [0.15, 0.2) is 0 Å². The number of hydrogen-bond donors (Lipinski definition) is 3. The quantitative estimate of drug-likeness (QED) is 0.452. The monoisotopic (exact) mass is 457 g/mol. The maximum Gasteiger partial charge on any atom is 0.258 e. The Balaban J connectivity index is 1.73. The summed E-state index contributed by atoms with van der Waals surface area (Å²) >= 11 is 12.2. The lowest BCUT2D eigenvalue weighted by atomic mass is 9.96. The fourth-order valence-electron chi connectivity index (χ4n) is 2.49. The Morgan fingerprint density at radius 3 is 2.19 bits per heavy atom. The molecule has 0 saturated heterocycles. The lowest BCUT2D eigenvalue weighted by molar-refractivity contribution is -0.123. The number of carbonyl (C=O) groups is 2. The molecule has 3 aromatic rings. The summed E-state index contributed by atoms with van der Waals surface area (Å²) in [5.74, 6) is 0.783. The molecule has 1 aromatic carbocycles. The lowest BCUT2D eigenvalue weighted by Gasteiger charge is -2.17. The van der Waals surface area contributed by atoms with Crippen molar-refractivity contribution in [2.45, 2.75) is 20.8 Å². The first-order chi connectivity index (χ1) is 14.6. The summed E-state index contributed by atoms with van der Waals surface area (Å²) in [6.45, 7) is 5.47. The number of hydrogen-bond acceptors (Lipinski definition) is 5. The van der Waals surface area contributed by atoms with E-state index in [2.05, 4.69) is 25.9 Å². The summed E-state index contributed by atoms with van der Waals surface area (Å²) in [4.78, 5) is 33.4. The van der Waals surface area contributed by atoms with Crippen molar-refractivity contribution in [2.75, 3.05) is 16.0 Å². The van der Waals surface area contributed by atoms with Gasteiger partial charge in [0.1, 0.15) is 17.5 Å². The molecule has 0 radical (unpaired) electrons. The summed E-state index contributed by atoms with van der Waals surface area (Å²) in [7, 11) is 0. The second-order valence-corrected chi connectivity index (χ2v) is 8.53. The van der Waals surface area contributed by atoms with Crippen molar-refractivity contribution in [2.24, 2.45) is 5.41 Å². The number of nitrogens with one attached hydrogen (secondary N) is 3. The van der Waals surface area contributed by atoms with E-state index in [1.807, 2.05) is 20.8 Å². The highest BCUT2D eigenvalue weighted by Crippen LogP contribution is 2.26. The minimum atomic E-state index is -0.538. The Hall–Kier alpha value is -3.16. The van der Waals surface area contributed by atoms with Gasteiger partial charge in [-0.1, -0.05) is 56.1 Å². The van der Waals surface area contributed by atoms with E-state index in [0.717, 1.165) is 0 Å². The number of pyridine rings is 2. The van der Waals surface area contributed by atoms with Gasteiger partial charge in [-0.15, -0.1) is 0 Å². The number of anilines is 4. The van der Waals surface area contributed by atoms with Crippen LogP contribution < -0.4 is 16.0 Å². The van der Waals surface area contributed by atoms with E-state index in [4.69, 9.17) is 23.2 Å². The van der Waals surface area contributed by atoms with Gasteiger partial charge in [-0.05, 0) is 30.3 Å². The van der Waals surface area contributed by atoms with Crippen LogP contribution in [0.15, 0.2) is 54.7 Å². The molecule has 160 valence electrons. The molecule has 2 heterocycles. The van der Waals surface area contributed by atoms with E-state index in [1.54, 1.807) is 48.5 Å². The molecule has 0 aliphatic rings. The van der Waals surface area contributed by atoms with E-state index >= 15 is 0 Å². The van der Waals surface area contributed by atoms with Gasteiger partial charge in [0, 0.05) is 23.4 Å². The Morgan fingerprint density at radius 1 is 0.871 bits per heavy atom. The Kier molecular flexibility index (Phi) is 6.77. The van der Waals surface area contributed by atoms with E-state index in [-0.39, 0.29) is 21.5 Å². The zero-order valence-electron chi connectivity index (χ0n) is 17.2. The second kappa shape index (κ2) is 9.32. The smallest absolute Gasteiger partial charge is 0.258 e. The van der Waals surface area contributed by atoms with Gasteiger partial charge in [0.05, 0.1) is 15.6 Å². The highest BCUT2D eigenvalue weighted by atomic mass is 35.5. The highest BCUT2D eigenvalue weighted by Gasteiger charge is 2.21. The molecular formula is C22H21Cl2N5O2. The maximum absolute atomic E-state index is 12.6. The first-order valence-corrected chi connectivity index (χ1v) is 10.2. The highest BCUT2D eigenvalue weighted by molar-refractivity contribution is 6.40. The largest absolute Gasteiger partial charge is 0.325 e. The average Bonchev–Trinajstić information content (AvgIpc) is 2.67. The van der Waals surface area contributed by atoms with Crippen molar-refractivity contribution in [3.05, 3.63) is 70.3 Å². The predicted molar refractivity (Wildman–Crippen MR) is 124 cm³/mol. The number of aromatic nitrogens is 2. The van der Waals surface area contributed by atoms with Crippen LogP contribution in [0.5, 0.6) is 0 Å². The molecule has 0 saturated carbocycles. The van der Waals surface area contributed by atoms with Crippen molar-refractivity contribution in [3.63, 3.8) is 0 Å². The van der Waals surface area contributed by atoms with Crippen LogP contribution in [-0.4, -0.2) is 21.8 Å². The second-order valence-electron chi connectivity index (χ2n) is 7.72. The van der Waals surface area contributed by atoms with Gasteiger partial charge < -0.3 is 16.0 Å². The normalized spacial score (nSPS) is 11.0. The first-order valence-electron chi connectivity index (χ1n) is 9.40. The van der Waals surface area contributed by atoms with Crippen molar-refractivity contribution in [1.82, 2.24) is 9.97 Å². The van der Waals surface area contributed by atoms with Crippen molar-refractivity contribution >= 4 is 58.2 Å². The minimum Gasteiger partial charge on any atom is -0.325 e. The van der Waals surface area contributed by atoms with Gasteiger partial charge in [0.2, 0.25) is 5.91 Å². The SMILES string of the molecule is CC(C)(C)C(=O)Nc1cccc(Nc2cc(NC(=O)c3c(Cl)cccc3Cl)ccn2)n1. The molecule has 0 aliphatic heterocycles. The van der Waals surface area contributed by atoms with Gasteiger partial charge in [0.25, 0.3) is 5.91 Å². The molecule has 3 rings (SSSR count). The molecule has 3 N–H and O–H groups in total. The molecular weight excluding hydrogens is 437 g/mol. The Labute approximate surface area is 190 Å². The maximum atomic E-state index is 12.6. The van der Waals surface area contributed by atoms with E-state index < -0.39 is 11.3 Å². The lowest BCUT2D eigenvalue weighted by Crippen LogP contribution is -2.28. The number of nitrogens with zero attached hydrogens (tertiary/aromatic N) is 2. The van der Waals surface area contributed by atoms with Crippen molar-refractivity contribution in [1.29, 1.82) is 0 Å². The average molecular weight is 458 g/mol. The summed E-state index contributed by atoms with van der Waals surface area (Å²) in [6.07, 6.45) is 1.54. The van der Waals surface area contributed by atoms with Crippen LogP contribution in [0.1, 0.15) is 31.1 Å². The van der Waals surface area contributed by atoms with Crippen molar-refractivity contribution < 1.29 is 9.59 Å². The zero-order valence-corrected chi connectivity index (χ0v) is 18.7. The molecule has 7 nitrogen and oxygen atoms in total. The fraction of sp³-hybridized carbons (Fsp3) is 0.182. The zero-order chi connectivity index (χ0) is 22.6. The molecule has 2 aromatic heterocycles.